The van der Waals surface area contributed by atoms with Gasteiger partial charge in [0.25, 0.3) is 0 Å². The summed E-state index contributed by atoms with van der Waals surface area (Å²) in [5, 5.41) is 5.57. The number of hydrogen-bond acceptors (Lipinski definition) is 5. The second kappa shape index (κ2) is 12.5. The van der Waals surface area contributed by atoms with Gasteiger partial charge in [-0.25, -0.2) is 0 Å². The molecule has 3 aromatic carbocycles. The van der Waals surface area contributed by atoms with Gasteiger partial charge in [0, 0.05) is 22.6 Å². The molecule has 1 aliphatic rings. The minimum atomic E-state index is -0.522. The molecule has 6 nitrogen and oxygen atoms in total. The fourth-order valence-electron chi connectivity index (χ4n) is 4.40. The van der Waals surface area contributed by atoms with E-state index < -0.39 is 5.25 Å². The van der Waals surface area contributed by atoms with Crippen molar-refractivity contribution in [2.75, 3.05) is 24.9 Å². The van der Waals surface area contributed by atoms with Gasteiger partial charge in [0.1, 0.15) is 16.7 Å². The maximum absolute atomic E-state index is 13.6. The molecule has 36 heavy (non-hydrogen) atoms. The SMILES string of the molecule is COc1ccc(OC)c(NC(=O)C(Sc2cccc(NC(=O)C3CCCCC3)c2)c2ccccc2)c1. The van der Waals surface area contributed by atoms with E-state index in [0.29, 0.717) is 17.2 Å². The first-order valence-corrected chi connectivity index (χ1v) is 13.1. The summed E-state index contributed by atoms with van der Waals surface area (Å²) in [4.78, 5) is 27.2. The van der Waals surface area contributed by atoms with Gasteiger partial charge in [-0.1, -0.05) is 55.7 Å². The van der Waals surface area contributed by atoms with Crippen LogP contribution in [0, 0.1) is 5.92 Å². The Balaban J connectivity index is 1.54. The van der Waals surface area contributed by atoms with Crippen molar-refractivity contribution in [3.63, 3.8) is 0 Å². The summed E-state index contributed by atoms with van der Waals surface area (Å²) in [6.07, 6.45) is 5.33. The standard InChI is InChI=1S/C29H32N2O4S/c1-34-23-16-17-26(35-2)25(19-23)31-29(33)27(20-10-5-3-6-11-20)36-24-15-9-14-22(18-24)30-28(32)21-12-7-4-8-13-21/h3,5-6,9-11,14-19,21,27H,4,7-8,12-13H2,1-2H3,(H,30,32)(H,31,33). The van der Waals surface area contributed by atoms with Gasteiger partial charge >= 0.3 is 0 Å². The van der Waals surface area contributed by atoms with Gasteiger partial charge in [0.2, 0.25) is 11.8 Å². The molecular weight excluding hydrogens is 472 g/mol. The van der Waals surface area contributed by atoms with Gasteiger partial charge in [-0.3, -0.25) is 9.59 Å². The predicted molar refractivity (Wildman–Crippen MR) is 145 cm³/mol. The van der Waals surface area contributed by atoms with E-state index in [9.17, 15) is 9.59 Å². The molecule has 0 radical (unpaired) electrons. The average molecular weight is 505 g/mol. The zero-order valence-corrected chi connectivity index (χ0v) is 21.5. The summed E-state index contributed by atoms with van der Waals surface area (Å²) in [6, 6.07) is 22.6. The fourth-order valence-corrected chi connectivity index (χ4v) is 5.49. The lowest BCUT2D eigenvalue weighted by Crippen LogP contribution is -2.24. The zero-order chi connectivity index (χ0) is 25.3. The number of rotatable bonds is 9. The van der Waals surface area contributed by atoms with Crippen LogP contribution in [0.3, 0.4) is 0 Å². The molecule has 4 rings (SSSR count). The van der Waals surface area contributed by atoms with Crippen molar-refractivity contribution in [2.24, 2.45) is 5.92 Å². The minimum Gasteiger partial charge on any atom is -0.497 e. The largest absolute Gasteiger partial charge is 0.497 e. The summed E-state index contributed by atoms with van der Waals surface area (Å²) in [7, 11) is 3.14. The molecule has 0 aromatic heterocycles. The minimum absolute atomic E-state index is 0.0794. The Bertz CT molecular complexity index is 1180. The van der Waals surface area contributed by atoms with Gasteiger partial charge in [0.15, 0.2) is 0 Å². The molecule has 0 saturated heterocycles. The lowest BCUT2D eigenvalue weighted by molar-refractivity contribution is -0.120. The van der Waals surface area contributed by atoms with E-state index in [-0.39, 0.29) is 17.7 Å². The number of hydrogen-bond donors (Lipinski definition) is 2. The van der Waals surface area contributed by atoms with Crippen LogP contribution in [-0.2, 0) is 9.59 Å². The third kappa shape index (κ3) is 6.61. The number of ether oxygens (including phenoxy) is 2. The highest BCUT2D eigenvalue weighted by molar-refractivity contribution is 8.00. The molecule has 1 fully saturated rings. The van der Waals surface area contributed by atoms with E-state index in [4.69, 9.17) is 9.47 Å². The van der Waals surface area contributed by atoms with Crippen LogP contribution in [0.15, 0.2) is 77.7 Å². The van der Waals surface area contributed by atoms with E-state index in [2.05, 4.69) is 10.6 Å². The Kier molecular flexibility index (Phi) is 8.90. The van der Waals surface area contributed by atoms with Crippen LogP contribution in [0.1, 0.15) is 42.9 Å². The highest BCUT2D eigenvalue weighted by Gasteiger charge is 2.24. The van der Waals surface area contributed by atoms with Crippen molar-refractivity contribution in [1.82, 2.24) is 0 Å². The Morgan fingerprint density at radius 2 is 1.64 bits per heavy atom. The second-order valence-corrected chi connectivity index (χ2v) is 9.99. The molecule has 0 spiro atoms. The van der Waals surface area contributed by atoms with Gasteiger partial charge in [-0.15, -0.1) is 11.8 Å². The zero-order valence-electron chi connectivity index (χ0n) is 20.7. The van der Waals surface area contributed by atoms with Crippen molar-refractivity contribution in [3.05, 3.63) is 78.4 Å². The Morgan fingerprint density at radius 3 is 2.36 bits per heavy atom. The molecule has 1 aliphatic carbocycles. The van der Waals surface area contributed by atoms with Crippen LogP contribution in [0.4, 0.5) is 11.4 Å². The third-order valence-corrected chi connectivity index (χ3v) is 7.58. The number of thioether (sulfide) groups is 1. The van der Waals surface area contributed by atoms with Crippen molar-refractivity contribution in [1.29, 1.82) is 0 Å². The van der Waals surface area contributed by atoms with Crippen LogP contribution in [0.2, 0.25) is 0 Å². The molecule has 1 atom stereocenters. The van der Waals surface area contributed by atoms with Crippen molar-refractivity contribution < 1.29 is 19.1 Å². The first-order valence-electron chi connectivity index (χ1n) is 12.2. The van der Waals surface area contributed by atoms with E-state index in [1.165, 1.54) is 18.2 Å². The van der Waals surface area contributed by atoms with Crippen LogP contribution in [-0.4, -0.2) is 26.0 Å². The predicted octanol–water partition coefficient (Wildman–Crippen LogP) is 6.69. The van der Waals surface area contributed by atoms with Gasteiger partial charge in [-0.05, 0) is 48.7 Å². The summed E-state index contributed by atoms with van der Waals surface area (Å²) in [6.45, 7) is 0. The Hall–Kier alpha value is -3.45. The maximum atomic E-state index is 13.6. The molecule has 0 bridgehead atoms. The van der Waals surface area contributed by atoms with Gasteiger partial charge in [0.05, 0.1) is 19.9 Å². The van der Waals surface area contributed by atoms with E-state index >= 15 is 0 Å². The summed E-state index contributed by atoms with van der Waals surface area (Å²) >= 11 is 1.43. The molecule has 0 aliphatic heterocycles. The van der Waals surface area contributed by atoms with Crippen molar-refractivity contribution >= 4 is 35.0 Å². The highest BCUT2D eigenvalue weighted by atomic mass is 32.2. The molecular formula is C29H32N2O4S. The molecule has 188 valence electrons. The fraction of sp³-hybridized carbons (Fsp3) is 0.310. The molecule has 0 heterocycles. The number of anilines is 2. The van der Waals surface area contributed by atoms with Crippen LogP contribution >= 0.6 is 11.8 Å². The number of carbonyl (C=O) groups excluding carboxylic acids is 2. The third-order valence-electron chi connectivity index (χ3n) is 6.34. The first-order chi connectivity index (χ1) is 17.6. The molecule has 2 N–H and O–H groups in total. The Labute approximate surface area is 216 Å². The summed E-state index contributed by atoms with van der Waals surface area (Å²) in [5.74, 6) is 1.15. The van der Waals surface area contributed by atoms with Crippen molar-refractivity contribution in [3.8, 4) is 11.5 Å². The second-order valence-electron chi connectivity index (χ2n) is 8.82. The number of carbonyl (C=O) groups is 2. The highest BCUT2D eigenvalue weighted by Crippen LogP contribution is 2.38. The van der Waals surface area contributed by atoms with E-state index in [1.54, 1.807) is 32.4 Å². The molecule has 2 amide bonds. The average Bonchev–Trinajstić information content (AvgIpc) is 2.92. The smallest absolute Gasteiger partial charge is 0.242 e. The van der Waals surface area contributed by atoms with Crippen LogP contribution < -0.4 is 20.1 Å². The van der Waals surface area contributed by atoms with E-state index in [0.717, 1.165) is 41.8 Å². The number of amides is 2. The van der Waals surface area contributed by atoms with Gasteiger partial charge in [-0.2, -0.15) is 0 Å². The monoisotopic (exact) mass is 504 g/mol. The number of methoxy groups -OCH3 is 2. The van der Waals surface area contributed by atoms with Crippen molar-refractivity contribution in [2.45, 2.75) is 42.2 Å². The first kappa shape index (κ1) is 25.6. The van der Waals surface area contributed by atoms with Crippen LogP contribution in [0.5, 0.6) is 11.5 Å². The number of benzene rings is 3. The lowest BCUT2D eigenvalue weighted by atomic mass is 9.88. The topological polar surface area (TPSA) is 76.7 Å². The summed E-state index contributed by atoms with van der Waals surface area (Å²) in [5.41, 5.74) is 2.16. The maximum Gasteiger partial charge on any atom is 0.242 e. The molecule has 7 heteroatoms. The molecule has 3 aromatic rings. The van der Waals surface area contributed by atoms with Crippen LogP contribution in [0.25, 0.3) is 0 Å². The van der Waals surface area contributed by atoms with Gasteiger partial charge < -0.3 is 20.1 Å². The summed E-state index contributed by atoms with van der Waals surface area (Å²) < 4.78 is 10.8. The molecule has 1 saturated carbocycles. The molecule has 1 unspecified atom stereocenters. The number of nitrogens with one attached hydrogen (secondary N) is 2. The van der Waals surface area contributed by atoms with E-state index in [1.807, 2.05) is 54.6 Å². The lowest BCUT2D eigenvalue weighted by Gasteiger charge is -2.21. The quantitative estimate of drug-likeness (QED) is 0.317. The Morgan fingerprint density at radius 1 is 0.861 bits per heavy atom. The normalized spacial score (nSPS) is 14.5.